The Morgan fingerprint density at radius 1 is 1.19 bits per heavy atom. The molecule has 6 nitrogen and oxygen atoms in total. The van der Waals surface area contributed by atoms with Crippen LogP contribution in [0, 0.1) is 12.7 Å². The van der Waals surface area contributed by atoms with E-state index < -0.39 is 5.82 Å². The molecule has 0 atom stereocenters. The number of pyridine rings is 1. The molecule has 26 heavy (non-hydrogen) atoms. The number of hydrogen-bond donors (Lipinski definition) is 0. The Balaban J connectivity index is 1.89. The van der Waals surface area contributed by atoms with Gasteiger partial charge in [-0.1, -0.05) is 29.8 Å². The molecule has 0 N–H and O–H groups in total. The molecule has 0 bridgehead atoms. The lowest BCUT2D eigenvalue weighted by molar-refractivity contribution is 0.630. The minimum atomic E-state index is -0.443. The maximum absolute atomic E-state index is 14.1. The summed E-state index contributed by atoms with van der Waals surface area (Å²) in [6.07, 6.45) is 1.66. The van der Waals surface area contributed by atoms with Crippen molar-refractivity contribution in [2.75, 3.05) is 0 Å². The molecule has 4 aromatic rings. The fourth-order valence-electron chi connectivity index (χ4n) is 2.74. The van der Waals surface area contributed by atoms with E-state index in [1.807, 2.05) is 17.6 Å². The first kappa shape index (κ1) is 16.4. The van der Waals surface area contributed by atoms with E-state index in [9.17, 15) is 9.18 Å². The third-order valence-electron chi connectivity index (χ3n) is 4.04. The quantitative estimate of drug-likeness (QED) is 0.520. The molecule has 8 heteroatoms. The van der Waals surface area contributed by atoms with E-state index in [1.165, 1.54) is 16.6 Å². The molecule has 0 aliphatic rings. The molecule has 0 radical (unpaired) electrons. The molecule has 0 fully saturated rings. The Labute approximate surface area is 152 Å². The zero-order valence-corrected chi connectivity index (χ0v) is 14.5. The van der Waals surface area contributed by atoms with Crippen molar-refractivity contribution in [1.82, 2.24) is 24.1 Å². The highest BCUT2D eigenvalue weighted by Gasteiger charge is 2.16. The van der Waals surface area contributed by atoms with Gasteiger partial charge in [-0.3, -0.25) is 4.79 Å². The van der Waals surface area contributed by atoms with Gasteiger partial charge in [0.05, 0.1) is 12.1 Å². The van der Waals surface area contributed by atoms with Crippen LogP contribution in [0.4, 0.5) is 4.39 Å². The Morgan fingerprint density at radius 2 is 2.00 bits per heavy atom. The van der Waals surface area contributed by atoms with Crippen LogP contribution in [0.5, 0.6) is 0 Å². The number of fused-ring (bicyclic) bond motifs is 1. The lowest BCUT2D eigenvalue weighted by atomic mass is 10.2. The summed E-state index contributed by atoms with van der Waals surface area (Å²) in [5.41, 5.74) is 1.52. The summed E-state index contributed by atoms with van der Waals surface area (Å²) in [7, 11) is 0. The Kier molecular flexibility index (Phi) is 4.00. The number of halogens is 2. The highest BCUT2D eigenvalue weighted by atomic mass is 35.5. The van der Waals surface area contributed by atoms with Gasteiger partial charge in [-0.15, -0.1) is 5.10 Å². The van der Waals surface area contributed by atoms with Crippen molar-refractivity contribution in [2.24, 2.45) is 0 Å². The second-order valence-electron chi connectivity index (χ2n) is 5.83. The first-order valence-corrected chi connectivity index (χ1v) is 8.23. The van der Waals surface area contributed by atoms with Gasteiger partial charge in [0.25, 0.3) is 5.56 Å². The lowest BCUT2D eigenvalue weighted by Gasteiger charge is -2.11. The van der Waals surface area contributed by atoms with Crippen LogP contribution in [0.25, 0.3) is 17.2 Å². The average molecular weight is 370 g/mol. The maximum Gasteiger partial charge on any atom is 0.275 e. The largest absolute Gasteiger partial charge is 0.310 e. The first-order chi connectivity index (χ1) is 12.5. The Hall–Kier alpha value is -3.06. The predicted octanol–water partition coefficient (Wildman–Crippen LogP) is 3.10. The first-order valence-electron chi connectivity index (χ1n) is 7.85. The molecule has 3 aromatic heterocycles. The molecular formula is C18H13ClFN5O. The zero-order valence-electron chi connectivity index (χ0n) is 13.7. The van der Waals surface area contributed by atoms with Gasteiger partial charge in [0.1, 0.15) is 11.0 Å². The molecule has 3 heterocycles. The van der Waals surface area contributed by atoms with Gasteiger partial charge in [-0.25, -0.2) is 9.37 Å². The van der Waals surface area contributed by atoms with Gasteiger partial charge in [-0.2, -0.15) is 9.50 Å². The Morgan fingerprint density at radius 3 is 2.73 bits per heavy atom. The molecule has 130 valence electrons. The molecule has 0 aliphatic heterocycles. The fourth-order valence-corrected chi connectivity index (χ4v) is 2.85. The van der Waals surface area contributed by atoms with E-state index in [0.29, 0.717) is 23.2 Å². The van der Waals surface area contributed by atoms with Crippen molar-refractivity contribution in [3.05, 3.63) is 81.2 Å². The van der Waals surface area contributed by atoms with E-state index in [-0.39, 0.29) is 16.9 Å². The summed E-state index contributed by atoms with van der Waals surface area (Å²) >= 11 is 5.83. The van der Waals surface area contributed by atoms with Crippen molar-refractivity contribution < 1.29 is 4.39 Å². The predicted molar refractivity (Wildman–Crippen MR) is 95.7 cm³/mol. The van der Waals surface area contributed by atoms with Crippen molar-refractivity contribution in [3.63, 3.8) is 0 Å². The number of aryl methyl sites for hydroxylation is 1. The summed E-state index contributed by atoms with van der Waals surface area (Å²) < 4.78 is 17.1. The highest BCUT2D eigenvalue weighted by molar-refractivity contribution is 6.29. The summed E-state index contributed by atoms with van der Waals surface area (Å²) in [6, 6.07) is 11.2. The SMILES string of the molecule is Cc1cc(=O)n2nc(-c3ccccc3F)nc2n1Cc1ccc(Cl)nc1. The summed E-state index contributed by atoms with van der Waals surface area (Å²) in [4.78, 5) is 20.8. The number of rotatable bonds is 3. The number of aromatic nitrogens is 5. The van der Waals surface area contributed by atoms with Crippen molar-refractivity contribution >= 4 is 17.4 Å². The molecule has 0 spiro atoms. The van der Waals surface area contributed by atoms with Crippen LogP contribution >= 0.6 is 11.6 Å². The van der Waals surface area contributed by atoms with E-state index in [2.05, 4.69) is 15.1 Å². The maximum atomic E-state index is 14.1. The number of benzene rings is 1. The normalized spacial score (nSPS) is 11.2. The van der Waals surface area contributed by atoms with Gasteiger partial charge in [0.2, 0.25) is 5.78 Å². The van der Waals surface area contributed by atoms with Crippen LogP contribution in [0.3, 0.4) is 0 Å². The molecule has 0 aliphatic carbocycles. The van der Waals surface area contributed by atoms with E-state index in [4.69, 9.17) is 11.6 Å². The van der Waals surface area contributed by atoms with Crippen molar-refractivity contribution in [3.8, 4) is 11.4 Å². The van der Waals surface area contributed by atoms with Crippen LogP contribution in [0.2, 0.25) is 5.15 Å². The molecule has 4 rings (SSSR count). The topological polar surface area (TPSA) is 65.1 Å². The van der Waals surface area contributed by atoms with Crippen molar-refractivity contribution in [2.45, 2.75) is 13.5 Å². The van der Waals surface area contributed by atoms with Crippen molar-refractivity contribution in [1.29, 1.82) is 0 Å². The third-order valence-corrected chi connectivity index (χ3v) is 4.27. The number of hydrogen-bond acceptors (Lipinski definition) is 4. The van der Waals surface area contributed by atoms with Crippen LogP contribution in [-0.2, 0) is 6.54 Å². The average Bonchev–Trinajstić information content (AvgIpc) is 3.06. The monoisotopic (exact) mass is 369 g/mol. The second kappa shape index (κ2) is 6.34. The van der Waals surface area contributed by atoms with Crippen LogP contribution < -0.4 is 5.56 Å². The molecule has 0 unspecified atom stereocenters. The smallest absolute Gasteiger partial charge is 0.275 e. The molecule has 0 saturated carbocycles. The highest BCUT2D eigenvalue weighted by Crippen LogP contribution is 2.20. The Bertz CT molecular complexity index is 1170. The zero-order chi connectivity index (χ0) is 18.3. The minimum absolute atomic E-state index is 0.161. The number of nitrogens with zero attached hydrogens (tertiary/aromatic N) is 5. The molecule has 0 amide bonds. The fraction of sp³-hybridized carbons (Fsp3) is 0.111. The standard InChI is InChI=1S/C18H13ClFN5O/c1-11-8-16(26)25-18(24(11)10-12-6-7-15(19)21-9-12)22-17(23-25)13-4-2-3-5-14(13)20/h2-9H,10H2,1H3. The molecule has 0 saturated heterocycles. The third kappa shape index (κ3) is 2.86. The summed E-state index contributed by atoms with van der Waals surface area (Å²) in [5.74, 6) is 0.0537. The van der Waals surface area contributed by atoms with Gasteiger partial charge in [0.15, 0.2) is 5.82 Å². The van der Waals surface area contributed by atoms with Gasteiger partial charge >= 0.3 is 0 Å². The minimum Gasteiger partial charge on any atom is -0.310 e. The van der Waals surface area contributed by atoms with Gasteiger partial charge < -0.3 is 4.57 Å². The summed E-state index contributed by atoms with van der Waals surface area (Å²) in [6.45, 7) is 2.23. The van der Waals surface area contributed by atoms with Crippen LogP contribution in [0.15, 0.2) is 53.5 Å². The second-order valence-corrected chi connectivity index (χ2v) is 6.21. The van der Waals surface area contributed by atoms with Crippen LogP contribution in [0.1, 0.15) is 11.3 Å². The van der Waals surface area contributed by atoms with E-state index >= 15 is 0 Å². The van der Waals surface area contributed by atoms with E-state index in [1.54, 1.807) is 30.5 Å². The van der Waals surface area contributed by atoms with Gasteiger partial charge in [0, 0.05) is 18.0 Å². The lowest BCUT2D eigenvalue weighted by Crippen LogP contribution is -2.20. The van der Waals surface area contributed by atoms with Gasteiger partial charge in [-0.05, 0) is 30.7 Å². The summed E-state index contributed by atoms with van der Waals surface area (Å²) in [5, 5.41) is 4.60. The molecule has 1 aromatic carbocycles. The van der Waals surface area contributed by atoms with Crippen LogP contribution in [-0.4, -0.2) is 24.1 Å². The molecular weight excluding hydrogens is 357 g/mol. The van der Waals surface area contributed by atoms with E-state index in [0.717, 1.165) is 5.56 Å².